The summed E-state index contributed by atoms with van der Waals surface area (Å²) in [5.41, 5.74) is 9.37. The third-order valence-electron chi connectivity index (χ3n) is 12.1. The number of benzene rings is 4. The minimum absolute atomic E-state index is 0.0671. The molecule has 2 aromatic heterocycles. The van der Waals surface area contributed by atoms with E-state index in [0.29, 0.717) is 73.7 Å². The van der Waals surface area contributed by atoms with Gasteiger partial charge in [0, 0.05) is 60.2 Å². The summed E-state index contributed by atoms with van der Waals surface area (Å²) in [5, 5.41) is 42.2. The Balaban J connectivity index is 1.21. The van der Waals surface area contributed by atoms with Crippen LogP contribution in [-0.2, 0) is 49.0 Å². The molecule has 0 spiro atoms. The molecule has 0 aliphatic heterocycles. The number of rotatable bonds is 23. The molecule has 2 heterocycles. The first kappa shape index (κ1) is 52.2. The van der Waals surface area contributed by atoms with E-state index in [1.165, 1.54) is 12.4 Å². The van der Waals surface area contributed by atoms with Gasteiger partial charge in [-0.3, -0.25) is 24.9 Å². The number of carbonyl (C=O) groups is 2. The van der Waals surface area contributed by atoms with E-state index in [0.717, 1.165) is 38.9 Å². The largest absolute Gasteiger partial charge is 0.488 e. The van der Waals surface area contributed by atoms with Gasteiger partial charge < -0.3 is 29.2 Å². The van der Waals surface area contributed by atoms with Crippen LogP contribution in [0.3, 0.4) is 0 Å². The van der Waals surface area contributed by atoms with Crippen LogP contribution >= 0.6 is 23.2 Å². The van der Waals surface area contributed by atoms with Gasteiger partial charge in [-0.2, -0.15) is 10.5 Å². The topological polar surface area (TPSA) is 197 Å². The Morgan fingerprint density at radius 1 is 0.614 bits per heavy atom. The van der Waals surface area contributed by atoms with Gasteiger partial charge in [0.15, 0.2) is 0 Å². The summed E-state index contributed by atoms with van der Waals surface area (Å²) in [4.78, 5) is 32.3. The summed E-state index contributed by atoms with van der Waals surface area (Å²) < 4.78 is 25.3. The predicted octanol–water partition coefficient (Wildman–Crippen LogP) is 11.6. The van der Waals surface area contributed by atoms with Crippen LogP contribution in [0.5, 0.6) is 23.0 Å². The molecule has 70 heavy (non-hydrogen) atoms. The summed E-state index contributed by atoms with van der Waals surface area (Å²) in [7, 11) is 0. The van der Waals surface area contributed by atoms with Gasteiger partial charge in [0.1, 0.15) is 67.6 Å². The maximum Gasteiger partial charge on any atom is 0.320 e. The van der Waals surface area contributed by atoms with Gasteiger partial charge in [-0.15, -0.1) is 0 Å². The van der Waals surface area contributed by atoms with Gasteiger partial charge in [-0.05, 0) is 102 Å². The Bertz CT molecular complexity index is 2730. The number of ether oxygens (including phenoxy) is 4. The molecule has 15 heteroatoms. The second-order valence-electron chi connectivity index (χ2n) is 17.7. The molecule has 6 rings (SSSR count). The van der Waals surface area contributed by atoms with Crippen LogP contribution in [0, 0.1) is 54.3 Å². The second-order valence-corrected chi connectivity index (χ2v) is 18.5. The smallest absolute Gasteiger partial charge is 0.320 e. The number of halogens is 2. The highest BCUT2D eigenvalue weighted by Crippen LogP contribution is 2.38. The van der Waals surface area contributed by atoms with Gasteiger partial charge in [0.05, 0.1) is 27.1 Å². The molecule has 0 bridgehead atoms. The number of nitrogens with one attached hydrogen (secondary N) is 1. The number of nitriles is 2. The lowest BCUT2D eigenvalue weighted by Gasteiger charge is -2.21. The summed E-state index contributed by atoms with van der Waals surface area (Å²) in [5.74, 6) is -0.941. The molecule has 0 amide bonds. The number of pyridine rings is 2. The van der Waals surface area contributed by atoms with Crippen molar-refractivity contribution in [2.45, 2.75) is 93.4 Å². The van der Waals surface area contributed by atoms with E-state index in [-0.39, 0.29) is 44.8 Å². The lowest BCUT2D eigenvalue weighted by Crippen LogP contribution is -2.40. The van der Waals surface area contributed by atoms with Crippen LogP contribution in [0.2, 0.25) is 10.0 Å². The van der Waals surface area contributed by atoms with Crippen LogP contribution in [0.15, 0.2) is 97.6 Å². The Morgan fingerprint density at radius 2 is 1.09 bits per heavy atom. The minimum Gasteiger partial charge on any atom is -0.488 e. The molecule has 3 N–H and O–H groups in total. The SMILES string of the molecule is Cc1c(COc2cc(OCc3cncc(C#N)c3)c(CCC(C(=O)O)C(C)C)cc2Cl)cccc1-c1cccc(COc2cc(OCc3cncc(C#N)c3)c(CNC(C(=O)O)C(C)C)cc2Cl)c1C. The Kier molecular flexibility index (Phi) is 18.2. The number of aryl methyl sites for hydroxylation is 1. The molecular formula is C55H55Cl2N5O8. The molecular weight excluding hydrogens is 930 g/mol. The molecule has 0 saturated carbocycles. The molecule has 6 aromatic rings. The lowest BCUT2D eigenvalue weighted by atomic mass is 9.89. The molecule has 2 unspecified atom stereocenters. The van der Waals surface area contributed by atoms with Gasteiger partial charge in [0.2, 0.25) is 0 Å². The lowest BCUT2D eigenvalue weighted by molar-refractivity contribution is -0.143. The number of carboxylic acids is 2. The fourth-order valence-corrected chi connectivity index (χ4v) is 8.49. The average molecular weight is 985 g/mol. The van der Waals surface area contributed by atoms with Crippen LogP contribution < -0.4 is 24.3 Å². The Morgan fingerprint density at radius 3 is 1.53 bits per heavy atom. The molecule has 4 aromatic carbocycles. The maximum atomic E-state index is 12.0. The first-order valence-corrected chi connectivity index (χ1v) is 23.5. The first-order chi connectivity index (χ1) is 33.6. The highest BCUT2D eigenvalue weighted by atomic mass is 35.5. The van der Waals surface area contributed by atoms with Crippen LogP contribution in [0.4, 0.5) is 0 Å². The third kappa shape index (κ3) is 13.5. The van der Waals surface area contributed by atoms with E-state index in [2.05, 4.69) is 39.6 Å². The summed E-state index contributed by atoms with van der Waals surface area (Å²) in [6, 6.07) is 25.7. The van der Waals surface area contributed by atoms with Gasteiger partial charge in [-0.25, -0.2) is 0 Å². The number of carboxylic acid groups (broad SMARTS) is 2. The van der Waals surface area contributed by atoms with E-state index in [1.54, 1.807) is 48.8 Å². The van der Waals surface area contributed by atoms with Crippen LogP contribution in [-0.4, -0.2) is 38.2 Å². The standard InChI is InChI=1S/C55H55Cl2N5O8/c1-32(2)44(54(63)64)14-13-40-17-47(56)51(19-49(40)67-28-38-15-36(21-58)23-60-25-38)69-30-41-9-7-11-45(34(41)5)46-12-8-10-42(35(46)6)31-70-52-20-50(68-29-39-16-37(22-59)24-61-26-39)43(18-48(52)57)27-62-53(33(3)4)55(65)66/h7-12,15-20,23-26,32-33,44,53,62H,13-14,27-31H2,1-6H3,(H,63,64)(H,65,66). The normalized spacial score (nSPS) is 11.9. The van der Waals surface area contributed by atoms with Crippen molar-refractivity contribution in [1.82, 2.24) is 15.3 Å². The predicted molar refractivity (Wildman–Crippen MR) is 267 cm³/mol. The number of aliphatic carboxylic acids is 2. The van der Waals surface area contributed by atoms with Crippen molar-refractivity contribution in [3.8, 4) is 46.3 Å². The molecule has 0 saturated heterocycles. The van der Waals surface area contributed by atoms with E-state index in [4.69, 9.17) is 42.1 Å². The fourth-order valence-electron chi connectivity index (χ4n) is 8.01. The van der Waals surface area contributed by atoms with Crippen molar-refractivity contribution in [3.63, 3.8) is 0 Å². The van der Waals surface area contributed by atoms with Crippen molar-refractivity contribution >= 4 is 35.1 Å². The highest BCUT2D eigenvalue weighted by molar-refractivity contribution is 6.32. The maximum absolute atomic E-state index is 12.0. The third-order valence-corrected chi connectivity index (χ3v) is 12.7. The Hall–Kier alpha value is -7.16. The summed E-state index contributed by atoms with van der Waals surface area (Å²) in [6.07, 6.45) is 6.98. The number of hydrogen-bond donors (Lipinski definition) is 3. The Labute approximate surface area is 418 Å². The zero-order chi connectivity index (χ0) is 50.5. The quantitative estimate of drug-likeness (QED) is 0.0549. The molecule has 0 aliphatic rings. The number of hydrogen-bond acceptors (Lipinski definition) is 11. The molecule has 362 valence electrons. The van der Waals surface area contributed by atoms with E-state index < -0.39 is 23.9 Å². The zero-order valence-corrected chi connectivity index (χ0v) is 41.4. The molecule has 13 nitrogen and oxygen atoms in total. The van der Waals surface area contributed by atoms with E-state index >= 15 is 0 Å². The molecule has 2 atom stereocenters. The van der Waals surface area contributed by atoms with E-state index in [9.17, 15) is 30.3 Å². The second kappa shape index (κ2) is 24.4. The van der Waals surface area contributed by atoms with E-state index in [1.807, 2.05) is 65.8 Å². The van der Waals surface area contributed by atoms with Gasteiger partial charge >= 0.3 is 11.9 Å². The monoisotopic (exact) mass is 983 g/mol. The molecule has 0 radical (unpaired) electrons. The highest BCUT2D eigenvalue weighted by Gasteiger charge is 2.24. The number of nitrogens with zero attached hydrogens (tertiary/aromatic N) is 4. The van der Waals surface area contributed by atoms with Crippen molar-refractivity contribution in [3.05, 3.63) is 163 Å². The van der Waals surface area contributed by atoms with Crippen molar-refractivity contribution in [2.24, 2.45) is 17.8 Å². The minimum atomic E-state index is -0.967. The first-order valence-electron chi connectivity index (χ1n) is 22.8. The summed E-state index contributed by atoms with van der Waals surface area (Å²) in [6.45, 7) is 12.2. The van der Waals surface area contributed by atoms with Crippen LogP contribution in [0.25, 0.3) is 11.1 Å². The summed E-state index contributed by atoms with van der Waals surface area (Å²) >= 11 is 13.7. The van der Waals surface area contributed by atoms with Crippen molar-refractivity contribution in [1.29, 1.82) is 10.5 Å². The molecule has 0 aliphatic carbocycles. The van der Waals surface area contributed by atoms with Gasteiger partial charge in [-0.1, -0.05) is 87.3 Å². The van der Waals surface area contributed by atoms with Crippen LogP contribution in [0.1, 0.15) is 89.8 Å². The van der Waals surface area contributed by atoms with Gasteiger partial charge in [0.25, 0.3) is 0 Å². The zero-order valence-electron chi connectivity index (χ0n) is 39.9. The molecule has 0 fully saturated rings. The fraction of sp³-hybridized carbons (Fsp3) is 0.309. The average Bonchev–Trinajstić information content (AvgIpc) is 3.33. The van der Waals surface area contributed by atoms with Crippen molar-refractivity contribution in [2.75, 3.05) is 0 Å². The van der Waals surface area contributed by atoms with Crippen molar-refractivity contribution < 1.29 is 38.7 Å². The number of aromatic nitrogens is 2.